The van der Waals surface area contributed by atoms with Crippen molar-refractivity contribution < 1.29 is 4.42 Å². The highest BCUT2D eigenvalue weighted by Crippen LogP contribution is 2.59. The number of anilines is 9. The van der Waals surface area contributed by atoms with Crippen LogP contribution in [0.15, 0.2) is 144 Å². The highest BCUT2D eigenvalue weighted by atomic mass is 16.3. The Labute approximate surface area is 460 Å². The molecule has 7 aromatic carbocycles. The largest absolute Gasteiger partial charge is 0.468 e. The maximum Gasteiger partial charge on any atom is 0.297 e. The first-order valence-electron chi connectivity index (χ1n) is 29.2. The van der Waals surface area contributed by atoms with Crippen LogP contribution in [0.1, 0.15) is 180 Å². The Bertz CT molecular complexity index is 3710. The van der Waals surface area contributed by atoms with Crippen molar-refractivity contribution >= 4 is 85.5 Å². The Kier molecular flexibility index (Phi) is 10.2. The molecule has 390 valence electrons. The molecule has 7 aliphatic rings. The molecule has 77 heavy (non-hydrogen) atoms. The second kappa shape index (κ2) is 16.1. The van der Waals surface area contributed by atoms with E-state index in [1.165, 1.54) is 128 Å². The lowest BCUT2D eigenvalue weighted by Gasteiger charge is -2.52. The molecular weight excluding hydrogens is 934 g/mol. The summed E-state index contributed by atoms with van der Waals surface area (Å²) in [7, 11) is 0. The van der Waals surface area contributed by atoms with Crippen LogP contribution in [0.5, 0.6) is 0 Å². The monoisotopic (exact) mass is 1010 g/mol. The van der Waals surface area contributed by atoms with Crippen molar-refractivity contribution in [1.82, 2.24) is 0 Å². The van der Waals surface area contributed by atoms with E-state index in [0.717, 1.165) is 41.1 Å². The number of para-hydroxylation sites is 2. The summed E-state index contributed by atoms with van der Waals surface area (Å²) >= 11 is 0. The van der Waals surface area contributed by atoms with Gasteiger partial charge in [0.1, 0.15) is 5.58 Å². The van der Waals surface area contributed by atoms with Gasteiger partial charge >= 0.3 is 0 Å². The summed E-state index contributed by atoms with van der Waals surface area (Å²) in [6.07, 6.45) is 9.55. The van der Waals surface area contributed by atoms with Crippen LogP contribution in [0.4, 0.5) is 51.2 Å². The third-order valence-electron chi connectivity index (χ3n) is 20.9. The van der Waals surface area contributed by atoms with E-state index in [0.29, 0.717) is 0 Å². The summed E-state index contributed by atoms with van der Waals surface area (Å²) in [6.45, 7) is 31.7. The number of furan rings is 1. The van der Waals surface area contributed by atoms with Crippen molar-refractivity contribution in [2.45, 2.75) is 179 Å². The Hall–Kier alpha value is -6.46. The molecule has 5 heteroatoms. The zero-order chi connectivity index (χ0) is 53.6. The normalized spacial score (nSPS) is 22.6. The van der Waals surface area contributed by atoms with Gasteiger partial charge in [0.15, 0.2) is 0 Å². The highest BCUT2D eigenvalue weighted by molar-refractivity contribution is 7.00. The van der Waals surface area contributed by atoms with Gasteiger partial charge in [0.05, 0.1) is 17.0 Å². The number of fused-ring (bicyclic) bond motifs is 10. The zero-order valence-electron chi connectivity index (χ0n) is 48.3. The minimum Gasteiger partial charge on any atom is -0.468 e. The quantitative estimate of drug-likeness (QED) is 0.160. The van der Waals surface area contributed by atoms with Crippen LogP contribution in [0, 0.1) is 0 Å². The first-order valence-corrected chi connectivity index (χ1v) is 29.2. The maximum absolute atomic E-state index is 7.82. The van der Waals surface area contributed by atoms with Gasteiger partial charge in [-0.1, -0.05) is 151 Å². The van der Waals surface area contributed by atoms with Gasteiger partial charge in [0.2, 0.25) is 0 Å². The summed E-state index contributed by atoms with van der Waals surface area (Å²) in [5.74, 6) is 0. The third-order valence-corrected chi connectivity index (χ3v) is 20.9. The molecule has 4 nitrogen and oxygen atoms in total. The second-order valence-electron chi connectivity index (χ2n) is 28.9. The summed E-state index contributed by atoms with van der Waals surface area (Å²) in [5.41, 5.74) is 25.8. The van der Waals surface area contributed by atoms with Crippen molar-refractivity contribution in [2.75, 3.05) is 14.7 Å². The summed E-state index contributed by atoms with van der Waals surface area (Å²) in [6, 6.07) is 54.7. The number of hydrogen-bond acceptors (Lipinski definition) is 4. The molecule has 3 heterocycles. The van der Waals surface area contributed by atoms with Crippen molar-refractivity contribution in [1.29, 1.82) is 0 Å². The van der Waals surface area contributed by atoms with Crippen LogP contribution in [-0.2, 0) is 37.9 Å². The lowest BCUT2D eigenvalue weighted by molar-refractivity contribution is 0.188. The SMILES string of the molecule is CC(C)(C)c1ccc2c(c1)B1c3oc4cc5c(cc4c3N(c3ccc4c(c3)C(C)(C)CCC4(C)C)c3cc(N(c4ccccc4)c4ccccc4)cc(c31)N2c1ccc2c(c1)C(C)(C)CCC2(C)C)C1(C)CCC5(C)CC1. The minimum atomic E-state index is -0.177. The Morgan fingerprint density at radius 3 is 1.44 bits per heavy atom. The van der Waals surface area contributed by atoms with Crippen molar-refractivity contribution in [2.24, 2.45) is 0 Å². The standard InChI is InChI=1S/C72H78BN3O/c1-66(2,3)45-24-29-59-58(38-45)73-63-60(75(59)48-25-27-52-54(39-48)69(8,9)32-30-67(52,4)5)41-50(74(46-20-16-14-17-21-46)47-22-18-15-19-23-47)42-61(63)76(49-26-28-53-55(40-49)70(10,11)33-31-68(53,6)7)64-51-43-56-57(44-62(51)77-65(64)73)72(13)36-34-71(56,12)35-37-72/h14-29,38-44H,30-37H2,1-13H3. The Morgan fingerprint density at radius 2 is 0.922 bits per heavy atom. The third kappa shape index (κ3) is 7.16. The van der Waals surface area contributed by atoms with Crippen LogP contribution < -0.4 is 31.3 Å². The fourth-order valence-corrected chi connectivity index (χ4v) is 15.6. The summed E-state index contributed by atoms with van der Waals surface area (Å²) in [5, 5.41) is 1.23. The molecule has 1 aromatic heterocycles. The molecule has 8 aromatic rings. The Morgan fingerprint density at radius 1 is 0.442 bits per heavy atom. The molecule has 1 fully saturated rings. The molecule has 0 amide bonds. The maximum atomic E-state index is 7.82. The van der Waals surface area contributed by atoms with Gasteiger partial charge in [-0.3, -0.25) is 0 Å². The van der Waals surface area contributed by atoms with Gasteiger partial charge in [-0.05, 0) is 218 Å². The summed E-state index contributed by atoms with van der Waals surface area (Å²) < 4.78 is 7.82. The fraction of sp³-hybridized carbons (Fsp3) is 0.389. The van der Waals surface area contributed by atoms with Crippen LogP contribution in [0.2, 0.25) is 0 Å². The van der Waals surface area contributed by atoms with Crippen LogP contribution in [0.25, 0.3) is 11.0 Å². The molecule has 5 aliphatic carbocycles. The predicted molar refractivity (Wildman–Crippen MR) is 327 cm³/mol. The molecule has 2 aliphatic heterocycles. The van der Waals surface area contributed by atoms with Gasteiger partial charge in [-0.2, -0.15) is 0 Å². The van der Waals surface area contributed by atoms with Gasteiger partial charge in [-0.15, -0.1) is 0 Å². The molecule has 0 radical (unpaired) electrons. The average molecular weight is 1010 g/mol. The fourth-order valence-electron chi connectivity index (χ4n) is 15.6. The molecule has 0 N–H and O–H groups in total. The molecule has 2 bridgehead atoms. The van der Waals surface area contributed by atoms with E-state index in [-0.39, 0.29) is 44.6 Å². The average Bonchev–Trinajstić information content (AvgIpc) is 3.98. The molecule has 0 spiro atoms. The van der Waals surface area contributed by atoms with Gasteiger partial charge in [0, 0.05) is 45.2 Å². The van der Waals surface area contributed by atoms with Gasteiger partial charge in [-0.25, -0.2) is 0 Å². The van der Waals surface area contributed by atoms with Gasteiger partial charge in [0.25, 0.3) is 6.71 Å². The van der Waals surface area contributed by atoms with Crippen molar-refractivity contribution in [3.05, 3.63) is 178 Å². The van der Waals surface area contributed by atoms with E-state index in [4.69, 9.17) is 4.42 Å². The zero-order valence-corrected chi connectivity index (χ0v) is 48.3. The van der Waals surface area contributed by atoms with Crippen LogP contribution in [0.3, 0.4) is 0 Å². The number of benzene rings is 7. The minimum absolute atomic E-state index is 0.00933. The van der Waals surface area contributed by atoms with Crippen LogP contribution >= 0.6 is 0 Å². The lowest BCUT2D eigenvalue weighted by atomic mass is 9.35. The second-order valence-corrected chi connectivity index (χ2v) is 28.9. The molecule has 0 unspecified atom stereocenters. The number of nitrogens with zero attached hydrogens (tertiary/aromatic N) is 3. The first-order chi connectivity index (χ1) is 36.5. The van der Waals surface area contributed by atoms with Crippen molar-refractivity contribution in [3.8, 4) is 0 Å². The van der Waals surface area contributed by atoms with E-state index in [1.54, 1.807) is 0 Å². The molecule has 1 saturated carbocycles. The Balaban J connectivity index is 1.14. The van der Waals surface area contributed by atoms with Crippen molar-refractivity contribution in [3.63, 3.8) is 0 Å². The van der Waals surface area contributed by atoms with Gasteiger partial charge < -0.3 is 19.1 Å². The highest BCUT2D eigenvalue weighted by Gasteiger charge is 2.52. The topological polar surface area (TPSA) is 22.9 Å². The smallest absolute Gasteiger partial charge is 0.297 e. The van der Waals surface area contributed by atoms with E-state index in [1.807, 2.05) is 0 Å². The van der Waals surface area contributed by atoms with E-state index >= 15 is 0 Å². The summed E-state index contributed by atoms with van der Waals surface area (Å²) in [4.78, 5) is 7.81. The van der Waals surface area contributed by atoms with Crippen LogP contribution in [-0.4, -0.2) is 6.71 Å². The molecule has 0 atom stereocenters. The predicted octanol–water partition coefficient (Wildman–Crippen LogP) is 18.1. The van der Waals surface area contributed by atoms with E-state index in [9.17, 15) is 0 Å². The van der Waals surface area contributed by atoms with E-state index < -0.39 is 0 Å². The number of rotatable bonds is 5. The molecule has 0 saturated heterocycles. The lowest BCUT2D eigenvalue weighted by Crippen LogP contribution is -2.61. The van der Waals surface area contributed by atoms with E-state index in [2.05, 4.69) is 244 Å². The molecular formula is C72H78BN3O. The molecule has 15 rings (SSSR count). The number of hydrogen-bond donors (Lipinski definition) is 0. The first kappa shape index (κ1) is 48.9.